The monoisotopic (exact) mass is 405 g/mol. The van der Waals surface area contributed by atoms with Crippen LogP contribution < -0.4 is 0 Å². The standard InChI is InChI=1S/C17H16BrN3O4/c1-10-12(11(2)25-21-10)7-8-16(22)23-9-15-19-20-17(24-15)13-5-3-4-6-14(13)18/h3-6H,7-9H2,1-2H3. The molecule has 0 fully saturated rings. The number of halogens is 1. The van der Waals surface area contributed by atoms with Crippen LogP contribution in [0.5, 0.6) is 0 Å². The molecule has 0 radical (unpaired) electrons. The molecule has 3 aromatic rings. The van der Waals surface area contributed by atoms with Crippen LogP contribution in [0.4, 0.5) is 0 Å². The highest BCUT2D eigenvalue weighted by Gasteiger charge is 2.15. The lowest BCUT2D eigenvalue weighted by Crippen LogP contribution is -2.06. The number of benzene rings is 1. The van der Waals surface area contributed by atoms with E-state index in [-0.39, 0.29) is 24.9 Å². The minimum atomic E-state index is -0.347. The molecule has 0 aliphatic carbocycles. The Kier molecular flexibility index (Phi) is 5.28. The van der Waals surface area contributed by atoms with Crippen molar-refractivity contribution in [2.45, 2.75) is 33.3 Å². The zero-order valence-corrected chi connectivity index (χ0v) is 15.4. The third-order valence-electron chi connectivity index (χ3n) is 3.69. The number of ether oxygens (including phenoxy) is 1. The van der Waals surface area contributed by atoms with Crippen LogP contribution in [0.15, 0.2) is 37.7 Å². The molecular weight excluding hydrogens is 390 g/mol. The maximum absolute atomic E-state index is 11.9. The van der Waals surface area contributed by atoms with E-state index in [9.17, 15) is 4.79 Å². The molecule has 0 amide bonds. The SMILES string of the molecule is Cc1noc(C)c1CCC(=O)OCc1nnc(-c2ccccc2Br)o1. The Labute approximate surface area is 152 Å². The van der Waals surface area contributed by atoms with Gasteiger partial charge in [-0.1, -0.05) is 17.3 Å². The number of carbonyl (C=O) groups is 1. The van der Waals surface area contributed by atoms with Gasteiger partial charge in [0.2, 0.25) is 5.89 Å². The third kappa shape index (κ3) is 4.14. The average molecular weight is 406 g/mol. The first-order valence-electron chi connectivity index (χ1n) is 7.69. The minimum absolute atomic E-state index is 0.0577. The molecule has 25 heavy (non-hydrogen) atoms. The van der Waals surface area contributed by atoms with Crippen molar-refractivity contribution in [1.29, 1.82) is 0 Å². The number of aryl methyl sites for hydroxylation is 2. The summed E-state index contributed by atoms with van der Waals surface area (Å²) in [6.07, 6.45) is 0.750. The second kappa shape index (κ2) is 7.60. The number of hydrogen-bond donors (Lipinski definition) is 0. The number of esters is 1. The number of nitrogens with zero attached hydrogens (tertiary/aromatic N) is 3. The first kappa shape index (κ1) is 17.3. The largest absolute Gasteiger partial charge is 0.456 e. The topological polar surface area (TPSA) is 91.2 Å². The smallest absolute Gasteiger partial charge is 0.306 e. The van der Waals surface area contributed by atoms with Crippen LogP contribution in [0, 0.1) is 13.8 Å². The Hall–Kier alpha value is -2.48. The van der Waals surface area contributed by atoms with Gasteiger partial charge in [0.15, 0.2) is 6.61 Å². The number of rotatable bonds is 6. The number of carbonyl (C=O) groups excluding carboxylic acids is 1. The molecule has 3 rings (SSSR count). The van der Waals surface area contributed by atoms with E-state index in [1.165, 1.54) is 0 Å². The van der Waals surface area contributed by atoms with E-state index in [2.05, 4.69) is 31.3 Å². The van der Waals surface area contributed by atoms with E-state index in [0.29, 0.717) is 12.3 Å². The van der Waals surface area contributed by atoms with E-state index in [1.54, 1.807) is 0 Å². The van der Waals surface area contributed by atoms with Gasteiger partial charge in [0.25, 0.3) is 5.89 Å². The van der Waals surface area contributed by atoms with E-state index < -0.39 is 0 Å². The first-order chi connectivity index (χ1) is 12.0. The van der Waals surface area contributed by atoms with Crippen LogP contribution in [-0.2, 0) is 22.6 Å². The fourth-order valence-electron chi connectivity index (χ4n) is 2.36. The summed E-state index contributed by atoms with van der Waals surface area (Å²) in [5.41, 5.74) is 2.51. The molecule has 0 bridgehead atoms. The maximum Gasteiger partial charge on any atom is 0.306 e. The van der Waals surface area contributed by atoms with Gasteiger partial charge in [0, 0.05) is 16.5 Å². The Balaban J connectivity index is 1.54. The molecule has 0 spiro atoms. The lowest BCUT2D eigenvalue weighted by Gasteiger charge is -2.02. The van der Waals surface area contributed by atoms with E-state index >= 15 is 0 Å². The predicted octanol–water partition coefficient (Wildman–Crippen LogP) is 3.78. The van der Waals surface area contributed by atoms with Gasteiger partial charge in [-0.15, -0.1) is 10.2 Å². The molecule has 0 unspecified atom stereocenters. The van der Waals surface area contributed by atoms with Gasteiger partial charge in [-0.25, -0.2) is 0 Å². The van der Waals surface area contributed by atoms with Gasteiger partial charge in [-0.3, -0.25) is 4.79 Å². The summed E-state index contributed by atoms with van der Waals surface area (Å²) in [5, 5.41) is 11.7. The average Bonchev–Trinajstić information content (AvgIpc) is 3.19. The number of hydrogen-bond acceptors (Lipinski definition) is 7. The quantitative estimate of drug-likeness (QED) is 0.576. The molecule has 0 aliphatic rings. The highest BCUT2D eigenvalue weighted by molar-refractivity contribution is 9.10. The molecular formula is C17H16BrN3O4. The normalized spacial score (nSPS) is 10.8. The Bertz CT molecular complexity index is 868. The van der Waals surface area contributed by atoms with Crippen molar-refractivity contribution in [3.63, 3.8) is 0 Å². The first-order valence-corrected chi connectivity index (χ1v) is 8.48. The van der Waals surface area contributed by atoms with Gasteiger partial charge < -0.3 is 13.7 Å². The van der Waals surface area contributed by atoms with E-state index in [1.807, 2.05) is 38.1 Å². The minimum Gasteiger partial charge on any atom is -0.456 e. The summed E-state index contributed by atoms with van der Waals surface area (Å²) in [5.74, 6) is 0.992. The van der Waals surface area contributed by atoms with Gasteiger partial charge in [-0.05, 0) is 48.3 Å². The summed E-state index contributed by atoms with van der Waals surface area (Å²) in [4.78, 5) is 11.9. The summed E-state index contributed by atoms with van der Waals surface area (Å²) in [6.45, 7) is 3.61. The van der Waals surface area contributed by atoms with Gasteiger partial charge in [0.05, 0.1) is 11.3 Å². The molecule has 0 saturated carbocycles. The maximum atomic E-state index is 11.9. The van der Waals surface area contributed by atoms with Crippen LogP contribution in [0.2, 0.25) is 0 Å². The van der Waals surface area contributed by atoms with E-state index in [4.69, 9.17) is 13.7 Å². The zero-order valence-electron chi connectivity index (χ0n) is 13.8. The van der Waals surface area contributed by atoms with Crippen molar-refractivity contribution >= 4 is 21.9 Å². The van der Waals surface area contributed by atoms with Crippen LogP contribution >= 0.6 is 15.9 Å². The molecule has 0 saturated heterocycles. The molecule has 130 valence electrons. The summed E-state index contributed by atoms with van der Waals surface area (Å²) in [7, 11) is 0. The fraction of sp³-hybridized carbons (Fsp3) is 0.294. The molecule has 0 N–H and O–H groups in total. The lowest BCUT2D eigenvalue weighted by molar-refractivity contribution is -0.145. The molecule has 8 heteroatoms. The molecule has 2 heterocycles. The molecule has 1 aromatic carbocycles. The highest BCUT2D eigenvalue weighted by Crippen LogP contribution is 2.26. The van der Waals surface area contributed by atoms with Crippen molar-refractivity contribution in [2.75, 3.05) is 0 Å². The van der Waals surface area contributed by atoms with Crippen LogP contribution in [0.25, 0.3) is 11.5 Å². The predicted molar refractivity (Wildman–Crippen MR) is 91.5 cm³/mol. The molecule has 7 nitrogen and oxygen atoms in total. The Morgan fingerprint density at radius 3 is 2.76 bits per heavy atom. The van der Waals surface area contributed by atoms with Crippen molar-refractivity contribution in [2.24, 2.45) is 0 Å². The lowest BCUT2D eigenvalue weighted by atomic mass is 10.1. The summed E-state index contributed by atoms with van der Waals surface area (Å²) < 4.78 is 16.6. The van der Waals surface area contributed by atoms with Gasteiger partial charge in [-0.2, -0.15) is 0 Å². The van der Waals surface area contributed by atoms with Crippen molar-refractivity contribution < 1.29 is 18.5 Å². The molecule has 0 aliphatic heterocycles. The molecule has 2 aromatic heterocycles. The Morgan fingerprint density at radius 1 is 1.24 bits per heavy atom. The fourth-order valence-corrected chi connectivity index (χ4v) is 2.81. The van der Waals surface area contributed by atoms with Crippen LogP contribution in [-0.4, -0.2) is 21.3 Å². The Morgan fingerprint density at radius 2 is 2.04 bits per heavy atom. The van der Waals surface area contributed by atoms with Crippen molar-refractivity contribution in [3.05, 3.63) is 51.6 Å². The van der Waals surface area contributed by atoms with Gasteiger partial charge >= 0.3 is 5.97 Å². The van der Waals surface area contributed by atoms with Crippen LogP contribution in [0.1, 0.15) is 29.3 Å². The highest BCUT2D eigenvalue weighted by atomic mass is 79.9. The van der Waals surface area contributed by atoms with E-state index in [0.717, 1.165) is 27.1 Å². The second-order valence-electron chi connectivity index (χ2n) is 5.44. The van der Waals surface area contributed by atoms with Crippen LogP contribution in [0.3, 0.4) is 0 Å². The third-order valence-corrected chi connectivity index (χ3v) is 4.38. The number of aromatic nitrogens is 3. The summed E-state index contributed by atoms with van der Waals surface area (Å²) in [6, 6.07) is 7.51. The zero-order chi connectivity index (χ0) is 17.8. The second-order valence-corrected chi connectivity index (χ2v) is 6.30. The molecule has 0 atom stereocenters. The van der Waals surface area contributed by atoms with Crippen molar-refractivity contribution in [3.8, 4) is 11.5 Å². The van der Waals surface area contributed by atoms with Gasteiger partial charge in [0.1, 0.15) is 5.76 Å². The summed E-state index contributed by atoms with van der Waals surface area (Å²) >= 11 is 3.43. The van der Waals surface area contributed by atoms with Crippen molar-refractivity contribution in [1.82, 2.24) is 15.4 Å².